The highest BCUT2D eigenvalue weighted by molar-refractivity contribution is 8.27. The third-order valence-corrected chi connectivity index (χ3v) is 6.56. The van der Waals surface area contributed by atoms with Crippen molar-refractivity contribution in [2.75, 3.05) is 4.90 Å². The minimum atomic E-state index is -0.499. The van der Waals surface area contributed by atoms with Crippen LogP contribution in [0.4, 0.5) is 14.5 Å². The van der Waals surface area contributed by atoms with Crippen LogP contribution in [0.2, 0.25) is 0 Å². The van der Waals surface area contributed by atoms with Crippen molar-refractivity contribution < 1.29 is 13.6 Å². The first-order valence-electron chi connectivity index (χ1n) is 9.86. The predicted molar refractivity (Wildman–Crippen MR) is 129 cm³/mol. The van der Waals surface area contributed by atoms with Crippen LogP contribution in [0.1, 0.15) is 11.1 Å². The Morgan fingerprint density at radius 1 is 0.938 bits per heavy atom. The van der Waals surface area contributed by atoms with Gasteiger partial charge in [0.25, 0.3) is 5.91 Å². The molecule has 1 aromatic heterocycles. The first-order chi connectivity index (χ1) is 15.5. The topological polar surface area (TPSA) is 25.2 Å². The molecule has 32 heavy (non-hydrogen) atoms. The Morgan fingerprint density at radius 2 is 1.66 bits per heavy atom. The summed E-state index contributed by atoms with van der Waals surface area (Å²) in [5.41, 5.74) is 2.96. The number of thiocarbonyl (C=S) groups is 1. The van der Waals surface area contributed by atoms with Gasteiger partial charge in [-0.3, -0.25) is 9.69 Å². The van der Waals surface area contributed by atoms with Crippen molar-refractivity contribution in [2.24, 2.45) is 0 Å². The quantitative estimate of drug-likeness (QED) is 0.260. The van der Waals surface area contributed by atoms with E-state index in [1.807, 2.05) is 30.5 Å². The minimum absolute atomic E-state index is 0.150. The number of nitrogens with zero attached hydrogens (tertiary/aromatic N) is 2. The molecule has 1 amide bonds. The smallest absolute Gasteiger partial charge is 0.270 e. The van der Waals surface area contributed by atoms with Crippen LogP contribution in [0.25, 0.3) is 17.0 Å². The van der Waals surface area contributed by atoms with E-state index in [9.17, 15) is 13.6 Å². The van der Waals surface area contributed by atoms with Crippen LogP contribution < -0.4 is 4.90 Å². The Hall–Kier alpha value is -3.29. The SMILES string of the molecule is O=C1/C(=C\c2cn(Cc3ccc(F)cc3)c3ccccc23)SC(=S)N1c1ccccc1F. The van der Waals surface area contributed by atoms with E-state index in [2.05, 4.69) is 4.57 Å². The fourth-order valence-electron chi connectivity index (χ4n) is 3.76. The number of amides is 1. The van der Waals surface area contributed by atoms with Gasteiger partial charge >= 0.3 is 0 Å². The molecule has 0 atom stereocenters. The molecule has 158 valence electrons. The van der Waals surface area contributed by atoms with Crippen molar-refractivity contribution in [1.29, 1.82) is 0 Å². The maximum Gasteiger partial charge on any atom is 0.270 e. The summed E-state index contributed by atoms with van der Waals surface area (Å²) in [7, 11) is 0. The molecule has 0 saturated carbocycles. The van der Waals surface area contributed by atoms with Gasteiger partial charge in [-0.2, -0.15) is 0 Å². The molecule has 0 bridgehead atoms. The van der Waals surface area contributed by atoms with Gasteiger partial charge in [0.05, 0.1) is 10.6 Å². The second-order valence-electron chi connectivity index (χ2n) is 7.32. The number of fused-ring (bicyclic) bond motifs is 1. The zero-order valence-corrected chi connectivity index (χ0v) is 18.3. The Bertz CT molecular complexity index is 1390. The fourth-order valence-corrected chi connectivity index (χ4v) is 5.03. The van der Waals surface area contributed by atoms with Gasteiger partial charge in [0.15, 0.2) is 4.32 Å². The lowest BCUT2D eigenvalue weighted by Crippen LogP contribution is -2.28. The number of halogens is 2. The highest BCUT2D eigenvalue weighted by Crippen LogP contribution is 2.38. The highest BCUT2D eigenvalue weighted by Gasteiger charge is 2.34. The molecule has 1 saturated heterocycles. The first kappa shape index (κ1) is 20.6. The van der Waals surface area contributed by atoms with Crippen LogP contribution in [0.3, 0.4) is 0 Å². The summed E-state index contributed by atoms with van der Waals surface area (Å²) in [6.07, 6.45) is 3.76. The molecular weight excluding hydrogens is 446 g/mol. The normalized spacial score (nSPS) is 15.3. The van der Waals surface area contributed by atoms with Crippen LogP contribution in [0.15, 0.2) is 83.9 Å². The van der Waals surface area contributed by atoms with E-state index in [1.165, 1.54) is 29.2 Å². The van der Waals surface area contributed by atoms with Gasteiger partial charge in [0.1, 0.15) is 11.6 Å². The van der Waals surface area contributed by atoms with Crippen molar-refractivity contribution in [3.05, 3.63) is 107 Å². The average molecular weight is 463 g/mol. The van der Waals surface area contributed by atoms with Gasteiger partial charge in [-0.1, -0.05) is 66.4 Å². The van der Waals surface area contributed by atoms with Gasteiger partial charge in [0.2, 0.25) is 0 Å². The van der Waals surface area contributed by atoms with Gasteiger partial charge in [-0.05, 0) is 42.0 Å². The number of hydrogen-bond donors (Lipinski definition) is 0. The zero-order chi connectivity index (χ0) is 22.2. The summed E-state index contributed by atoms with van der Waals surface area (Å²) in [6, 6.07) is 20.3. The molecule has 1 aliphatic heterocycles. The van der Waals surface area contributed by atoms with E-state index in [0.717, 1.165) is 33.8 Å². The number of hydrogen-bond acceptors (Lipinski definition) is 3. The van der Waals surface area contributed by atoms with E-state index in [1.54, 1.807) is 30.3 Å². The number of carbonyl (C=O) groups is 1. The zero-order valence-electron chi connectivity index (χ0n) is 16.7. The Morgan fingerprint density at radius 3 is 2.44 bits per heavy atom. The molecule has 3 nitrogen and oxygen atoms in total. The van der Waals surface area contributed by atoms with Crippen LogP contribution >= 0.6 is 24.0 Å². The van der Waals surface area contributed by atoms with E-state index in [0.29, 0.717) is 15.8 Å². The number of benzene rings is 3. The maximum atomic E-state index is 14.3. The molecule has 0 N–H and O–H groups in total. The van der Waals surface area contributed by atoms with Crippen molar-refractivity contribution in [2.45, 2.75) is 6.54 Å². The molecule has 1 fully saturated rings. The van der Waals surface area contributed by atoms with Gasteiger partial charge in [0, 0.05) is 29.2 Å². The van der Waals surface area contributed by atoms with E-state index >= 15 is 0 Å². The average Bonchev–Trinajstić information content (AvgIpc) is 3.27. The molecule has 4 aromatic rings. The molecule has 7 heteroatoms. The first-order valence-corrected chi connectivity index (χ1v) is 11.1. The van der Waals surface area contributed by atoms with Crippen molar-refractivity contribution in [1.82, 2.24) is 4.57 Å². The second-order valence-corrected chi connectivity index (χ2v) is 9.00. The summed E-state index contributed by atoms with van der Waals surface area (Å²) >= 11 is 6.53. The van der Waals surface area contributed by atoms with Crippen molar-refractivity contribution in [3.8, 4) is 0 Å². The molecule has 0 aliphatic carbocycles. The minimum Gasteiger partial charge on any atom is -0.342 e. The standard InChI is InChI=1S/C25H16F2N2OS2/c26-18-11-9-16(10-12-18)14-28-15-17(19-5-1-3-7-21(19)28)13-23-24(30)29(25(31)32-23)22-8-4-2-6-20(22)27/h1-13,15H,14H2/b23-13+. The predicted octanol–water partition coefficient (Wildman–Crippen LogP) is 6.37. The monoisotopic (exact) mass is 462 g/mol. The molecule has 5 rings (SSSR count). The third kappa shape index (κ3) is 3.74. The molecule has 0 spiro atoms. The van der Waals surface area contributed by atoms with Crippen molar-refractivity contribution >= 4 is 56.9 Å². The van der Waals surface area contributed by atoms with Crippen molar-refractivity contribution in [3.63, 3.8) is 0 Å². The summed E-state index contributed by atoms with van der Waals surface area (Å²) in [6.45, 7) is 0.560. The molecule has 3 aromatic carbocycles. The van der Waals surface area contributed by atoms with E-state index in [-0.39, 0.29) is 17.4 Å². The van der Waals surface area contributed by atoms with Crippen LogP contribution in [-0.4, -0.2) is 14.8 Å². The van der Waals surface area contributed by atoms with Gasteiger partial charge in [-0.15, -0.1) is 0 Å². The largest absolute Gasteiger partial charge is 0.342 e. The third-order valence-electron chi connectivity index (χ3n) is 5.26. The van der Waals surface area contributed by atoms with E-state index in [4.69, 9.17) is 12.2 Å². The number of anilines is 1. The number of carbonyl (C=O) groups excluding carboxylic acids is 1. The Kier molecular flexibility index (Phi) is 5.36. The number of thioether (sulfide) groups is 1. The van der Waals surface area contributed by atoms with Crippen LogP contribution in [0.5, 0.6) is 0 Å². The molecule has 1 aliphatic rings. The summed E-state index contributed by atoms with van der Waals surface area (Å²) in [4.78, 5) is 14.7. The second kappa shape index (κ2) is 8.33. The lowest BCUT2D eigenvalue weighted by molar-refractivity contribution is -0.113. The van der Waals surface area contributed by atoms with Crippen LogP contribution in [-0.2, 0) is 11.3 Å². The summed E-state index contributed by atoms with van der Waals surface area (Å²) in [5.74, 6) is -1.12. The lowest BCUT2D eigenvalue weighted by atomic mass is 10.1. The molecule has 2 heterocycles. The maximum absolute atomic E-state index is 14.3. The van der Waals surface area contributed by atoms with E-state index < -0.39 is 5.82 Å². The Balaban J connectivity index is 1.53. The summed E-state index contributed by atoms with van der Waals surface area (Å²) < 4.78 is 29.9. The van der Waals surface area contributed by atoms with Gasteiger partial charge < -0.3 is 4.57 Å². The number of para-hydroxylation sites is 2. The van der Waals surface area contributed by atoms with Gasteiger partial charge in [-0.25, -0.2) is 8.78 Å². The highest BCUT2D eigenvalue weighted by atomic mass is 32.2. The molecular formula is C25H16F2N2OS2. The lowest BCUT2D eigenvalue weighted by Gasteiger charge is -2.14. The Labute approximate surface area is 193 Å². The number of aromatic nitrogens is 1. The molecule has 0 unspecified atom stereocenters. The summed E-state index contributed by atoms with van der Waals surface area (Å²) in [5, 5.41) is 0.978. The fraction of sp³-hybridized carbons (Fsp3) is 0.0400. The number of rotatable bonds is 4. The molecule has 0 radical (unpaired) electrons. The van der Waals surface area contributed by atoms with Crippen LogP contribution in [0, 0.1) is 11.6 Å².